The Hall–Kier alpha value is -1.41. The number of hydrogen-bond donors (Lipinski definition) is 1. The minimum absolute atomic E-state index is 0.0182. The minimum Gasteiger partial charge on any atom is -0.481 e. The molecule has 1 aliphatic rings. The van der Waals surface area contributed by atoms with Crippen LogP contribution in [-0.4, -0.2) is 45.9 Å². The molecule has 2 atom stereocenters. The molecular formula is C12H19N3O4S. The third-order valence-corrected chi connectivity index (χ3v) is 5.76. The van der Waals surface area contributed by atoms with Gasteiger partial charge in [-0.15, -0.1) is 0 Å². The van der Waals surface area contributed by atoms with Crippen molar-refractivity contribution in [2.45, 2.75) is 37.8 Å². The van der Waals surface area contributed by atoms with E-state index >= 15 is 0 Å². The van der Waals surface area contributed by atoms with Crippen LogP contribution in [0.1, 0.15) is 25.6 Å². The molecule has 0 aliphatic carbocycles. The zero-order valence-electron chi connectivity index (χ0n) is 11.8. The van der Waals surface area contributed by atoms with Gasteiger partial charge in [-0.05, 0) is 26.7 Å². The first-order valence-corrected chi connectivity index (χ1v) is 7.93. The van der Waals surface area contributed by atoms with Gasteiger partial charge >= 0.3 is 5.97 Å². The van der Waals surface area contributed by atoms with Crippen molar-refractivity contribution in [2.75, 3.05) is 6.54 Å². The van der Waals surface area contributed by atoms with Gasteiger partial charge in [0.05, 0.1) is 5.92 Å². The summed E-state index contributed by atoms with van der Waals surface area (Å²) in [6.45, 7) is 3.70. The number of aryl methyl sites for hydroxylation is 2. The molecule has 1 aromatic rings. The predicted octanol–water partition coefficient (Wildman–Crippen LogP) is 0.602. The molecule has 1 saturated heterocycles. The van der Waals surface area contributed by atoms with E-state index in [-0.39, 0.29) is 5.03 Å². The van der Waals surface area contributed by atoms with Gasteiger partial charge in [-0.1, -0.05) is 0 Å². The standard InChI is InChI=1S/C12H19N3O4S/c1-8-10(12(16)17)5-4-6-15(8)20(18,19)11-7-14(3)9(2)13-11/h7-8,10H,4-6H2,1-3H3,(H,16,17)/t8-,10-/m1/s1. The van der Waals surface area contributed by atoms with Crippen LogP contribution in [0.5, 0.6) is 0 Å². The van der Waals surface area contributed by atoms with Crippen LogP contribution in [0.2, 0.25) is 0 Å². The quantitative estimate of drug-likeness (QED) is 0.882. The molecule has 2 heterocycles. The average molecular weight is 301 g/mol. The van der Waals surface area contributed by atoms with Gasteiger partial charge in [0, 0.05) is 25.8 Å². The van der Waals surface area contributed by atoms with Crippen LogP contribution in [0.15, 0.2) is 11.2 Å². The lowest BCUT2D eigenvalue weighted by Crippen LogP contribution is -2.49. The molecule has 0 radical (unpaired) electrons. The number of carboxylic acids is 1. The van der Waals surface area contributed by atoms with E-state index in [1.807, 2.05) is 0 Å². The van der Waals surface area contributed by atoms with E-state index in [0.717, 1.165) is 0 Å². The highest BCUT2D eigenvalue weighted by atomic mass is 32.2. The summed E-state index contributed by atoms with van der Waals surface area (Å²) in [5, 5.41) is 9.15. The summed E-state index contributed by atoms with van der Waals surface area (Å²) in [5.41, 5.74) is 0. The molecule has 112 valence electrons. The highest BCUT2D eigenvalue weighted by Gasteiger charge is 2.40. The van der Waals surface area contributed by atoms with E-state index in [2.05, 4.69) is 4.98 Å². The van der Waals surface area contributed by atoms with Crippen LogP contribution in [0.3, 0.4) is 0 Å². The van der Waals surface area contributed by atoms with Gasteiger partial charge in [-0.2, -0.15) is 4.31 Å². The Kier molecular flexibility index (Phi) is 3.88. The van der Waals surface area contributed by atoms with Crippen LogP contribution < -0.4 is 0 Å². The summed E-state index contributed by atoms with van der Waals surface area (Å²) in [4.78, 5) is 15.2. The fourth-order valence-corrected chi connectivity index (χ4v) is 4.29. The van der Waals surface area contributed by atoms with Crippen molar-refractivity contribution in [2.24, 2.45) is 13.0 Å². The molecule has 0 amide bonds. The molecule has 0 spiro atoms. The first-order valence-electron chi connectivity index (χ1n) is 6.49. The summed E-state index contributed by atoms with van der Waals surface area (Å²) in [5.74, 6) is -1.01. The second-order valence-electron chi connectivity index (χ2n) is 5.18. The summed E-state index contributed by atoms with van der Waals surface area (Å²) in [6.07, 6.45) is 2.51. The van der Waals surface area contributed by atoms with Crippen LogP contribution in [0.4, 0.5) is 0 Å². The van der Waals surface area contributed by atoms with Gasteiger partial charge in [-0.25, -0.2) is 13.4 Å². The molecule has 2 rings (SSSR count). The lowest BCUT2D eigenvalue weighted by Gasteiger charge is -2.35. The first-order chi connectivity index (χ1) is 9.25. The molecule has 1 N–H and O–H groups in total. The van der Waals surface area contributed by atoms with E-state index in [1.54, 1.807) is 25.5 Å². The van der Waals surface area contributed by atoms with E-state index in [0.29, 0.717) is 25.2 Å². The minimum atomic E-state index is -3.74. The largest absolute Gasteiger partial charge is 0.481 e. The molecule has 0 saturated carbocycles. The first kappa shape index (κ1) is 15.0. The van der Waals surface area contributed by atoms with Crippen LogP contribution in [0.25, 0.3) is 0 Å². The SMILES string of the molecule is Cc1nc(S(=O)(=O)N2CCC[C@@H](C(=O)O)[C@H]2C)cn1C. The van der Waals surface area contributed by atoms with Gasteiger partial charge in [0.1, 0.15) is 5.82 Å². The van der Waals surface area contributed by atoms with E-state index in [9.17, 15) is 13.2 Å². The summed E-state index contributed by atoms with van der Waals surface area (Å²) in [7, 11) is -2.02. The number of nitrogens with zero attached hydrogens (tertiary/aromatic N) is 3. The maximum Gasteiger partial charge on any atom is 0.308 e. The van der Waals surface area contributed by atoms with Gasteiger partial charge < -0.3 is 9.67 Å². The van der Waals surface area contributed by atoms with Gasteiger partial charge in [0.2, 0.25) is 0 Å². The van der Waals surface area contributed by atoms with E-state index in [4.69, 9.17) is 5.11 Å². The summed E-state index contributed by atoms with van der Waals surface area (Å²) >= 11 is 0. The van der Waals surface area contributed by atoms with E-state index < -0.39 is 28.0 Å². The number of piperidine rings is 1. The van der Waals surface area contributed by atoms with Crippen LogP contribution in [0, 0.1) is 12.8 Å². The third-order valence-electron chi connectivity index (χ3n) is 3.91. The fourth-order valence-electron chi connectivity index (χ4n) is 2.55. The number of aromatic nitrogens is 2. The zero-order chi connectivity index (χ0) is 15.1. The molecule has 1 aliphatic heterocycles. The van der Waals surface area contributed by atoms with Crippen molar-refractivity contribution in [1.82, 2.24) is 13.9 Å². The number of carboxylic acid groups (broad SMARTS) is 1. The number of imidazole rings is 1. The Morgan fingerprint density at radius 1 is 1.50 bits per heavy atom. The number of aliphatic carboxylic acids is 1. The van der Waals surface area contributed by atoms with E-state index in [1.165, 1.54) is 10.5 Å². The number of carbonyl (C=O) groups is 1. The zero-order valence-corrected chi connectivity index (χ0v) is 12.6. The van der Waals surface area contributed by atoms with Crippen LogP contribution in [-0.2, 0) is 21.9 Å². The van der Waals surface area contributed by atoms with Crippen molar-refractivity contribution in [3.05, 3.63) is 12.0 Å². The molecule has 7 nitrogen and oxygen atoms in total. The second kappa shape index (κ2) is 5.17. The maximum atomic E-state index is 12.6. The van der Waals surface area contributed by atoms with Gasteiger partial charge in [-0.3, -0.25) is 4.79 Å². The fraction of sp³-hybridized carbons (Fsp3) is 0.667. The van der Waals surface area contributed by atoms with Crippen molar-refractivity contribution in [1.29, 1.82) is 0 Å². The highest BCUT2D eigenvalue weighted by molar-refractivity contribution is 7.89. The topological polar surface area (TPSA) is 92.5 Å². The lowest BCUT2D eigenvalue weighted by atomic mass is 9.92. The monoisotopic (exact) mass is 301 g/mol. The Balaban J connectivity index is 2.36. The van der Waals surface area contributed by atoms with Crippen molar-refractivity contribution >= 4 is 16.0 Å². The predicted molar refractivity (Wildman–Crippen MR) is 71.7 cm³/mol. The van der Waals surface area contributed by atoms with Crippen molar-refractivity contribution in [3.63, 3.8) is 0 Å². The molecule has 1 fully saturated rings. The maximum absolute atomic E-state index is 12.6. The molecular weight excluding hydrogens is 282 g/mol. The Morgan fingerprint density at radius 3 is 2.65 bits per heavy atom. The summed E-state index contributed by atoms with van der Waals surface area (Å²) in [6, 6.07) is -0.562. The van der Waals surface area contributed by atoms with Crippen LogP contribution >= 0.6 is 0 Å². The lowest BCUT2D eigenvalue weighted by molar-refractivity contribution is -0.144. The average Bonchev–Trinajstić information content (AvgIpc) is 2.70. The van der Waals surface area contributed by atoms with Crippen molar-refractivity contribution < 1.29 is 18.3 Å². The Bertz CT molecular complexity index is 603. The Labute approximate surface area is 118 Å². The molecule has 1 aromatic heterocycles. The normalized spacial score (nSPS) is 24.8. The molecule has 0 bridgehead atoms. The molecule has 0 unspecified atom stereocenters. The highest BCUT2D eigenvalue weighted by Crippen LogP contribution is 2.28. The Morgan fingerprint density at radius 2 is 2.15 bits per heavy atom. The number of rotatable bonds is 3. The second-order valence-corrected chi connectivity index (χ2v) is 7.02. The smallest absolute Gasteiger partial charge is 0.308 e. The number of sulfonamides is 1. The molecule has 0 aromatic carbocycles. The van der Waals surface area contributed by atoms with Crippen molar-refractivity contribution in [3.8, 4) is 0 Å². The molecule has 8 heteroatoms. The molecule has 20 heavy (non-hydrogen) atoms. The van der Waals surface area contributed by atoms with Gasteiger partial charge in [0.25, 0.3) is 10.0 Å². The number of hydrogen-bond acceptors (Lipinski definition) is 4. The summed E-state index contributed by atoms with van der Waals surface area (Å²) < 4.78 is 28.1. The third kappa shape index (κ3) is 2.45. The van der Waals surface area contributed by atoms with Gasteiger partial charge in [0.15, 0.2) is 5.03 Å².